The van der Waals surface area contributed by atoms with Gasteiger partial charge in [0.05, 0.1) is 7.11 Å². The molecule has 0 radical (unpaired) electrons. The monoisotopic (exact) mass is 363 g/mol. The van der Waals surface area contributed by atoms with Crippen molar-refractivity contribution < 1.29 is 14.6 Å². The number of phenols is 1. The summed E-state index contributed by atoms with van der Waals surface area (Å²) in [5, 5.41) is 19.1. The van der Waals surface area contributed by atoms with E-state index in [1.165, 1.54) is 19.3 Å². The molecule has 0 aromatic heterocycles. The summed E-state index contributed by atoms with van der Waals surface area (Å²) in [7, 11) is 1.45. The lowest BCUT2D eigenvalue weighted by Crippen LogP contribution is -2.49. The Morgan fingerprint density at radius 1 is 1.15 bits per heavy atom. The van der Waals surface area contributed by atoms with Crippen LogP contribution in [0.2, 0.25) is 0 Å². The van der Waals surface area contributed by atoms with Crippen LogP contribution in [0, 0.1) is 11.3 Å². The van der Waals surface area contributed by atoms with Gasteiger partial charge < -0.3 is 19.6 Å². The van der Waals surface area contributed by atoms with Crippen LogP contribution in [0.25, 0.3) is 6.08 Å². The van der Waals surface area contributed by atoms with Crippen LogP contribution >= 0.6 is 0 Å². The summed E-state index contributed by atoms with van der Waals surface area (Å²) in [6.45, 7) is 2.57. The summed E-state index contributed by atoms with van der Waals surface area (Å²) < 4.78 is 5.07. The summed E-state index contributed by atoms with van der Waals surface area (Å²) >= 11 is 0. The van der Waals surface area contributed by atoms with Gasteiger partial charge in [-0.25, -0.2) is 0 Å². The van der Waals surface area contributed by atoms with Gasteiger partial charge >= 0.3 is 0 Å². The van der Waals surface area contributed by atoms with Gasteiger partial charge in [-0.15, -0.1) is 0 Å². The Kier molecular flexibility index (Phi) is 5.62. The van der Waals surface area contributed by atoms with Gasteiger partial charge in [0.2, 0.25) is 0 Å². The minimum atomic E-state index is -0.280. The maximum absolute atomic E-state index is 12.7. The Morgan fingerprint density at radius 2 is 1.85 bits per heavy atom. The number of methoxy groups -OCH3 is 1. The van der Waals surface area contributed by atoms with Crippen molar-refractivity contribution in [1.29, 1.82) is 5.26 Å². The average Bonchev–Trinajstić information content (AvgIpc) is 2.73. The van der Waals surface area contributed by atoms with E-state index in [4.69, 9.17) is 4.74 Å². The third-order valence-corrected chi connectivity index (χ3v) is 4.55. The Balaban J connectivity index is 1.70. The molecule has 1 N–H and O–H groups in total. The highest BCUT2D eigenvalue weighted by atomic mass is 16.5. The minimum absolute atomic E-state index is 0.0107. The van der Waals surface area contributed by atoms with Gasteiger partial charge in [-0.1, -0.05) is 24.3 Å². The third-order valence-electron chi connectivity index (χ3n) is 4.55. The van der Waals surface area contributed by atoms with Crippen molar-refractivity contribution in [3.8, 4) is 17.6 Å². The highest BCUT2D eigenvalue weighted by Gasteiger charge is 2.23. The number of carbonyl (C=O) groups is 1. The number of para-hydroxylation sites is 1. The second-order valence-electron chi connectivity index (χ2n) is 6.22. The van der Waals surface area contributed by atoms with Crippen LogP contribution in [-0.4, -0.2) is 49.2 Å². The van der Waals surface area contributed by atoms with Crippen molar-refractivity contribution in [2.75, 3.05) is 38.2 Å². The van der Waals surface area contributed by atoms with E-state index in [1.807, 2.05) is 24.3 Å². The molecule has 1 saturated heterocycles. The standard InChI is InChI=1S/C21H21N3O3/c1-27-20-14-16(7-8-19(20)25)13-17(15-22)21(26)24-11-9-23(10-12-24)18-5-3-2-4-6-18/h2-8,13-14,25H,9-12H2,1H3/b17-13+. The quantitative estimate of drug-likeness (QED) is 0.668. The molecule has 0 spiro atoms. The van der Waals surface area contributed by atoms with Crippen molar-refractivity contribution in [3.05, 3.63) is 59.7 Å². The first-order valence-corrected chi connectivity index (χ1v) is 8.70. The van der Waals surface area contributed by atoms with Crippen molar-refractivity contribution in [1.82, 2.24) is 4.90 Å². The van der Waals surface area contributed by atoms with E-state index >= 15 is 0 Å². The van der Waals surface area contributed by atoms with Gasteiger partial charge in [0.25, 0.3) is 5.91 Å². The molecule has 1 heterocycles. The SMILES string of the molecule is COc1cc(/C=C(\C#N)C(=O)N2CCN(c3ccccc3)CC2)ccc1O. The fourth-order valence-electron chi connectivity index (χ4n) is 3.07. The smallest absolute Gasteiger partial charge is 0.264 e. The molecule has 6 nitrogen and oxygen atoms in total. The molecule has 6 heteroatoms. The fourth-order valence-corrected chi connectivity index (χ4v) is 3.07. The number of rotatable bonds is 4. The molecular weight excluding hydrogens is 342 g/mol. The van der Waals surface area contributed by atoms with Crippen LogP contribution in [0.3, 0.4) is 0 Å². The zero-order valence-electron chi connectivity index (χ0n) is 15.1. The number of amides is 1. The number of benzene rings is 2. The number of hydrogen-bond donors (Lipinski definition) is 1. The fraction of sp³-hybridized carbons (Fsp3) is 0.238. The number of aromatic hydroxyl groups is 1. The molecule has 1 aliphatic heterocycles. The van der Waals surface area contributed by atoms with E-state index in [-0.39, 0.29) is 17.2 Å². The van der Waals surface area contributed by atoms with E-state index < -0.39 is 0 Å². The number of phenolic OH excluding ortho intramolecular Hbond substituents is 1. The Morgan fingerprint density at radius 3 is 2.48 bits per heavy atom. The molecule has 1 aliphatic rings. The number of hydrogen-bond acceptors (Lipinski definition) is 5. The van der Waals surface area contributed by atoms with Gasteiger partial charge in [-0.3, -0.25) is 4.79 Å². The van der Waals surface area contributed by atoms with Crippen LogP contribution < -0.4 is 9.64 Å². The van der Waals surface area contributed by atoms with Crippen molar-refractivity contribution >= 4 is 17.7 Å². The van der Waals surface area contributed by atoms with Crippen LogP contribution in [0.15, 0.2) is 54.1 Å². The molecule has 1 fully saturated rings. The number of carbonyl (C=O) groups excluding carboxylic acids is 1. The lowest BCUT2D eigenvalue weighted by Gasteiger charge is -2.36. The first-order chi connectivity index (χ1) is 13.1. The number of anilines is 1. The second kappa shape index (κ2) is 8.28. The Bertz CT molecular complexity index is 879. The average molecular weight is 363 g/mol. The molecule has 0 saturated carbocycles. The molecule has 0 aliphatic carbocycles. The third kappa shape index (κ3) is 4.21. The van der Waals surface area contributed by atoms with Gasteiger partial charge in [-0.05, 0) is 35.9 Å². The summed E-state index contributed by atoms with van der Waals surface area (Å²) in [5.74, 6) is 0.0266. The van der Waals surface area contributed by atoms with Gasteiger partial charge in [0.15, 0.2) is 11.5 Å². The largest absolute Gasteiger partial charge is 0.504 e. The molecule has 0 atom stereocenters. The van der Waals surface area contributed by atoms with Crippen LogP contribution in [0.5, 0.6) is 11.5 Å². The number of nitrogens with zero attached hydrogens (tertiary/aromatic N) is 3. The highest BCUT2D eigenvalue weighted by molar-refractivity contribution is 6.01. The van der Waals surface area contributed by atoms with Crippen LogP contribution in [0.4, 0.5) is 5.69 Å². The maximum atomic E-state index is 12.7. The molecular formula is C21H21N3O3. The first-order valence-electron chi connectivity index (χ1n) is 8.70. The zero-order chi connectivity index (χ0) is 19.2. The minimum Gasteiger partial charge on any atom is -0.504 e. The van der Waals surface area contributed by atoms with E-state index in [1.54, 1.807) is 17.0 Å². The Labute approximate surface area is 158 Å². The summed E-state index contributed by atoms with van der Waals surface area (Å²) in [6.07, 6.45) is 1.52. The van der Waals surface area contributed by atoms with Crippen molar-refractivity contribution in [2.24, 2.45) is 0 Å². The topological polar surface area (TPSA) is 76.8 Å². The normalized spacial score (nSPS) is 14.6. The molecule has 27 heavy (non-hydrogen) atoms. The molecule has 2 aromatic carbocycles. The van der Waals surface area contributed by atoms with Crippen molar-refractivity contribution in [3.63, 3.8) is 0 Å². The Hall–Kier alpha value is -3.46. The van der Waals surface area contributed by atoms with Gasteiger partial charge in [0.1, 0.15) is 11.6 Å². The maximum Gasteiger partial charge on any atom is 0.264 e. The van der Waals surface area contributed by atoms with Crippen LogP contribution in [0.1, 0.15) is 5.56 Å². The highest BCUT2D eigenvalue weighted by Crippen LogP contribution is 2.27. The lowest BCUT2D eigenvalue weighted by molar-refractivity contribution is -0.126. The molecule has 2 aromatic rings. The molecule has 1 amide bonds. The van der Waals surface area contributed by atoms with Gasteiger partial charge in [0, 0.05) is 31.9 Å². The van der Waals surface area contributed by atoms with E-state index in [0.717, 1.165) is 18.8 Å². The lowest BCUT2D eigenvalue weighted by atomic mass is 10.1. The number of ether oxygens (including phenoxy) is 1. The zero-order valence-corrected chi connectivity index (χ0v) is 15.1. The predicted octanol–water partition coefficient (Wildman–Crippen LogP) is 2.66. The van der Waals surface area contributed by atoms with Crippen molar-refractivity contribution in [2.45, 2.75) is 0 Å². The van der Waals surface area contributed by atoms with E-state index in [2.05, 4.69) is 17.0 Å². The second-order valence-corrected chi connectivity index (χ2v) is 6.22. The van der Waals surface area contributed by atoms with Gasteiger partial charge in [-0.2, -0.15) is 5.26 Å². The number of nitriles is 1. The molecule has 138 valence electrons. The first kappa shape index (κ1) is 18.3. The van der Waals surface area contributed by atoms with Crippen LogP contribution in [-0.2, 0) is 4.79 Å². The number of piperazine rings is 1. The van der Waals surface area contributed by atoms with E-state index in [9.17, 15) is 15.2 Å². The summed E-state index contributed by atoms with van der Waals surface area (Å²) in [6, 6.07) is 16.8. The molecule has 3 rings (SSSR count). The predicted molar refractivity (Wildman–Crippen MR) is 103 cm³/mol. The molecule has 0 bridgehead atoms. The molecule has 0 unspecified atom stereocenters. The summed E-state index contributed by atoms with van der Waals surface area (Å²) in [4.78, 5) is 16.7. The summed E-state index contributed by atoms with van der Waals surface area (Å²) in [5.41, 5.74) is 1.82. The van der Waals surface area contributed by atoms with E-state index in [0.29, 0.717) is 24.4 Å².